The van der Waals surface area contributed by atoms with E-state index in [1.807, 2.05) is 20.8 Å². The van der Waals surface area contributed by atoms with Gasteiger partial charge >= 0.3 is 12.0 Å². The molecule has 0 spiro atoms. The van der Waals surface area contributed by atoms with Gasteiger partial charge in [0.05, 0.1) is 6.54 Å². The van der Waals surface area contributed by atoms with Crippen molar-refractivity contribution in [2.24, 2.45) is 0 Å². The Morgan fingerprint density at radius 3 is 2.20 bits per heavy atom. The van der Waals surface area contributed by atoms with Gasteiger partial charge in [0, 0.05) is 12.6 Å². The number of carbonyl (C=O) groups is 3. The van der Waals surface area contributed by atoms with E-state index in [9.17, 15) is 14.4 Å². The average Bonchev–Trinajstić information content (AvgIpc) is 2.26. The van der Waals surface area contributed by atoms with Crippen LogP contribution < -0.4 is 16.0 Å². The fraction of sp³-hybridized carbons (Fsp3) is 0.750. The highest BCUT2D eigenvalue weighted by Gasteiger charge is 2.22. The summed E-state index contributed by atoms with van der Waals surface area (Å²) in [6, 6.07) is -1.37. The molecular weight excluding hydrogens is 266 g/mol. The molecule has 2 atom stereocenters. The van der Waals surface area contributed by atoms with E-state index in [1.54, 1.807) is 0 Å². The molecule has 2 unspecified atom stereocenters. The van der Waals surface area contributed by atoms with Crippen molar-refractivity contribution in [3.8, 4) is 0 Å². The van der Waals surface area contributed by atoms with Gasteiger partial charge < -0.3 is 25.8 Å². The summed E-state index contributed by atoms with van der Waals surface area (Å²) in [6.07, 6.45) is -1.13. The number of rotatable bonds is 6. The van der Waals surface area contributed by atoms with Crippen molar-refractivity contribution < 1.29 is 24.2 Å². The Bertz CT molecular complexity index is 365. The molecule has 0 aromatic heterocycles. The second-order valence-corrected chi connectivity index (χ2v) is 5.38. The normalized spacial score (nSPS) is 14.1. The predicted molar refractivity (Wildman–Crippen MR) is 72.3 cm³/mol. The van der Waals surface area contributed by atoms with Crippen LogP contribution in [0.2, 0.25) is 0 Å². The molecule has 3 amide bonds. The Morgan fingerprint density at radius 1 is 1.25 bits per heavy atom. The first-order valence-electron chi connectivity index (χ1n) is 6.19. The number of carbonyl (C=O) groups excluding carboxylic acids is 2. The molecule has 0 aromatic rings. The standard InChI is InChI=1S/C12H23N3O5/c1-7(9(16)15-12(2,3)4)14-11(19)13-6-8(20-5)10(17)18/h7-8H,6H2,1-5H3,(H,15,16)(H,17,18)(H2,13,14,19). The molecule has 0 aliphatic heterocycles. The van der Waals surface area contributed by atoms with Gasteiger partial charge in [0.1, 0.15) is 6.04 Å². The number of carboxylic acid groups (broad SMARTS) is 1. The van der Waals surface area contributed by atoms with Crippen LogP contribution in [-0.4, -0.2) is 54.4 Å². The van der Waals surface area contributed by atoms with Crippen molar-refractivity contribution in [1.82, 2.24) is 16.0 Å². The lowest BCUT2D eigenvalue weighted by molar-refractivity contribution is -0.148. The predicted octanol–water partition coefficient (Wildman–Crippen LogP) is -0.312. The van der Waals surface area contributed by atoms with Crippen molar-refractivity contribution in [2.75, 3.05) is 13.7 Å². The molecule has 8 heteroatoms. The molecule has 0 heterocycles. The van der Waals surface area contributed by atoms with Crippen LogP contribution >= 0.6 is 0 Å². The van der Waals surface area contributed by atoms with E-state index in [2.05, 4.69) is 20.7 Å². The van der Waals surface area contributed by atoms with Crippen LogP contribution in [0.25, 0.3) is 0 Å². The Balaban J connectivity index is 4.20. The van der Waals surface area contributed by atoms with Gasteiger partial charge in [-0.3, -0.25) is 4.79 Å². The van der Waals surface area contributed by atoms with Gasteiger partial charge in [0.2, 0.25) is 5.91 Å². The molecular formula is C12H23N3O5. The van der Waals surface area contributed by atoms with Crippen LogP contribution in [0.4, 0.5) is 4.79 Å². The molecule has 0 aliphatic carbocycles. The van der Waals surface area contributed by atoms with Crippen LogP contribution in [0, 0.1) is 0 Å². The minimum absolute atomic E-state index is 0.189. The summed E-state index contributed by atoms with van der Waals surface area (Å²) < 4.78 is 4.66. The summed E-state index contributed by atoms with van der Waals surface area (Å²) in [4.78, 5) is 33.9. The fourth-order valence-corrected chi connectivity index (χ4v) is 1.25. The molecule has 0 fully saturated rings. The lowest BCUT2D eigenvalue weighted by Crippen LogP contribution is -2.53. The molecule has 0 aromatic carbocycles. The largest absolute Gasteiger partial charge is 0.479 e. The second kappa shape index (κ2) is 7.68. The molecule has 4 N–H and O–H groups in total. The maximum atomic E-state index is 11.7. The van der Waals surface area contributed by atoms with E-state index in [-0.39, 0.29) is 12.5 Å². The first-order chi connectivity index (χ1) is 9.06. The van der Waals surface area contributed by atoms with Crippen LogP contribution in [0.5, 0.6) is 0 Å². The van der Waals surface area contributed by atoms with Crippen molar-refractivity contribution >= 4 is 17.9 Å². The quantitative estimate of drug-likeness (QED) is 0.535. The van der Waals surface area contributed by atoms with Gasteiger partial charge in [-0.25, -0.2) is 9.59 Å². The molecule has 0 bridgehead atoms. The smallest absolute Gasteiger partial charge is 0.334 e. The van der Waals surface area contributed by atoms with Gasteiger partial charge in [-0.15, -0.1) is 0 Å². The summed E-state index contributed by atoms with van der Waals surface area (Å²) in [7, 11) is 1.23. The van der Waals surface area contributed by atoms with Gasteiger partial charge in [0.25, 0.3) is 0 Å². The maximum absolute atomic E-state index is 11.7. The van der Waals surface area contributed by atoms with E-state index in [0.717, 1.165) is 0 Å². The van der Waals surface area contributed by atoms with Crippen molar-refractivity contribution in [3.63, 3.8) is 0 Å². The molecule has 0 radical (unpaired) electrons. The molecule has 8 nitrogen and oxygen atoms in total. The number of nitrogens with one attached hydrogen (secondary N) is 3. The van der Waals surface area contributed by atoms with Crippen molar-refractivity contribution in [1.29, 1.82) is 0 Å². The Hall–Kier alpha value is -1.83. The van der Waals surface area contributed by atoms with Crippen LogP contribution in [0.3, 0.4) is 0 Å². The summed E-state index contributed by atoms with van der Waals surface area (Å²) in [6.45, 7) is 6.83. The highest BCUT2D eigenvalue weighted by Crippen LogP contribution is 1.99. The topological polar surface area (TPSA) is 117 Å². The third-order valence-electron chi connectivity index (χ3n) is 2.25. The summed E-state index contributed by atoms with van der Waals surface area (Å²) in [5, 5.41) is 16.2. The fourth-order valence-electron chi connectivity index (χ4n) is 1.25. The van der Waals surface area contributed by atoms with Crippen molar-refractivity contribution in [2.45, 2.75) is 45.4 Å². The molecule has 20 heavy (non-hydrogen) atoms. The number of carboxylic acids is 1. The molecule has 0 saturated heterocycles. The summed E-state index contributed by atoms with van der Waals surface area (Å²) in [5.41, 5.74) is -0.395. The van der Waals surface area contributed by atoms with Crippen LogP contribution in [-0.2, 0) is 14.3 Å². The van der Waals surface area contributed by atoms with Gasteiger partial charge in [-0.05, 0) is 27.7 Å². The second-order valence-electron chi connectivity index (χ2n) is 5.38. The zero-order valence-corrected chi connectivity index (χ0v) is 12.4. The third kappa shape index (κ3) is 7.57. The van der Waals surface area contributed by atoms with Gasteiger partial charge in [-0.2, -0.15) is 0 Å². The number of ether oxygens (including phenoxy) is 1. The summed E-state index contributed by atoms with van der Waals surface area (Å²) in [5.74, 6) is -1.50. The van der Waals surface area contributed by atoms with E-state index >= 15 is 0 Å². The number of amides is 3. The van der Waals surface area contributed by atoms with E-state index in [4.69, 9.17) is 5.11 Å². The number of methoxy groups -OCH3 is 1. The highest BCUT2D eigenvalue weighted by atomic mass is 16.5. The zero-order valence-electron chi connectivity index (χ0n) is 12.4. The SMILES string of the molecule is COC(CNC(=O)NC(C)C(=O)NC(C)(C)C)C(=O)O. The molecule has 116 valence electrons. The number of urea groups is 1. The number of hydrogen-bond acceptors (Lipinski definition) is 4. The van der Waals surface area contributed by atoms with Crippen LogP contribution in [0.15, 0.2) is 0 Å². The molecule has 0 rings (SSSR count). The Labute approximate surface area is 118 Å². The Morgan fingerprint density at radius 2 is 1.80 bits per heavy atom. The van der Waals surface area contributed by atoms with Crippen LogP contribution in [0.1, 0.15) is 27.7 Å². The average molecular weight is 289 g/mol. The zero-order chi connectivity index (χ0) is 15.9. The first kappa shape index (κ1) is 18.2. The first-order valence-corrected chi connectivity index (χ1v) is 6.19. The lowest BCUT2D eigenvalue weighted by Gasteiger charge is -2.23. The molecule has 0 saturated carbocycles. The number of hydrogen-bond donors (Lipinski definition) is 4. The van der Waals surface area contributed by atoms with E-state index < -0.39 is 29.7 Å². The highest BCUT2D eigenvalue weighted by molar-refractivity contribution is 5.87. The summed E-state index contributed by atoms with van der Waals surface area (Å²) >= 11 is 0. The van der Waals surface area contributed by atoms with E-state index in [1.165, 1.54) is 14.0 Å². The maximum Gasteiger partial charge on any atom is 0.334 e. The van der Waals surface area contributed by atoms with Gasteiger partial charge in [-0.1, -0.05) is 0 Å². The van der Waals surface area contributed by atoms with Gasteiger partial charge in [0.15, 0.2) is 6.10 Å². The lowest BCUT2D eigenvalue weighted by atomic mass is 10.1. The monoisotopic (exact) mass is 289 g/mol. The minimum atomic E-state index is -1.17. The minimum Gasteiger partial charge on any atom is -0.479 e. The van der Waals surface area contributed by atoms with E-state index in [0.29, 0.717) is 0 Å². The third-order valence-corrected chi connectivity index (χ3v) is 2.25. The molecule has 0 aliphatic rings. The Kier molecular flexibility index (Phi) is 6.98. The number of aliphatic carboxylic acids is 1. The van der Waals surface area contributed by atoms with Crippen molar-refractivity contribution in [3.05, 3.63) is 0 Å².